The molecule has 0 aliphatic heterocycles. The van der Waals surface area contributed by atoms with Gasteiger partial charge in [-0.1, -0.05) is 11.6 Å². The molecule has 1 aromatic rings. The van der Waals surface area contributed by atoms with Crippen LogP contribution in [0, 0.1) is 6.92 Å². The van der Waals surface area contributed by atoms with Gasteiger partial charge < -0.3 is 20.1 Å². The third kappa shape index (κ3) is 6.80. The highest BCUT2D eigenvalue weighted by Crippen LogP contribution is 2.21. The second-order valence-corrected chi connectivity index (χ2v) is 5.11. The fourth-order valence-corrected chi connectivity index (χ4v) is 1.78. The molecule has 0 aliphatic carbocycles. The molecule has 1 atom stereocenters. The molecule has 0 saturated carbocycles. The Labute approximate surface area is 131 Å². The Hall–Kier alpha value is -1.30. The van der Waals surface area contributed by atoms with Gasteiger partial charge in [-0.3, -0.25) is 4.79 Å². The van der Waals surface area contributed by atoms with Crippen molar-refractivity contribution >= 4 is 17.5 Å². The summed E-state index contributed by atoms with van der Waals surface area (Å²) in [6, 6.07) is 5.33. The number of halogens is 1. The van der Waals surface area contributed by atoms with Gasteiger partial charge in [-0.15, -0.1) is 0 Å². The molecule has 0 saturated heterocycles. The van der Waals surface area contributed by atoms with Crippen LogP contribution in [0.2, 0.25) is 5.02 Å². The van der Waals surface area contributed by atoms with E-state index in [0.29, 0.717) is 30.5 Å². The number of rotatable bonds is 9. The molecule has 2 N–H and O–H groups in total. The number of amides is 1. The predicted molar refractivity (Wildman–Crippen MR) is 84.0 cm³/mol. The van der Waals surface area contributed by atoms with Crippen molar-refractivity contribution < 1.29 is 14.3 Å². The van der Waals surface area contributed by atoms with Crippen molar-refractivity contribution in [3.63, 3.8) is 0 Å². The monoisotopic (exact) mass is 314 g/mol. The van der Waals surface area contributed by atoms with Crippen LogP contribution in [-0.2, 0) is 9.53 Å². The number of hydrogen-bond donors (Lipinski definition) is 2. The molecular formula is C15H23ClN2O3. The number of benzene rings is 1. The highest BCUT2D eigenvalue weighted by Gasteiger charge is 2.14. The highest BCUT2D eigenvalue weighted by atomic mass is 35.5. The Bertz CT molecular complexity index is 455. The van der Waals surface area contributed by atoms with Crippen LogP contribution in [0.15, 0.2) is 18.2 Å². The lowest BCUT2D eigenvalue weighted by atomic mass is 10.2. The summed E-state index contributed by atoms with van der Waals surface area (Å²) in [5.41, 5.74) is 0.920. The SMILES string of the molecule is COCCNCCNC(=O)C(C)Oc1ccc(Cl)c(C)c1. The summed E-state index contributed by atoms with van der Waals surface area (Å²) in [7, 11) is 1.65. The molecule has 0 radical (unpaired) electrons. The maximum absolute atomic E-state index is 11.9. The van der Waals surface area contributed by atoms with Gasteiger partial charge in [0.05, 0.1) is 6.61 Å². The number of ether oxygens (including phenoxy) is 2. The second-order valence-electron chi connectivity index (χ2n) is 4.70. The van der Waals surface area contributed by atoms with Crippen LogP contribution in [-0.4, -0.2) is 45.4 Å². The van der Waals surface area contributed by atoms with Gasteiger partial charge in [-0.2, -0.15) is 0 Å². The zero-order valence-electron chi connectivity index (χ0n) is 12.7. The van der Waals surface area contributed by atoms with Crippen molar-refractivity contribution in [3.8, 4) is 5.75 Å². The summed E-state index contributed by atoms with van der Waals surface area (Å²) in [4.78, 5) is 11.9. The van der Waals surface area contributed by atoms with Crippen molar-refractivity contribution in [1.29, 1.82) is 0 Å². The van der Waals surface area contributed by atoms with Gasteiger partial charge in [0.15, 0.2) is 6.10 Å². The summed E-state index contributed by atoms with van der Waals surface area (Å²) < 4.78 is 10.5. The first-order chi connectivity index (χ1) is 10.0. The smallest absolute Gasteiger partial charge is 0.260 e. The molecule has 118 valence electrons. The minimum Gasteiger partial charge on any atom is -0.481 e. The van der Waals surface area contributed by atoms with Gasteiger partial charge in [0.1, 0.15) is 5.75 Å². The van der Waals surface area contributed by atoms with E-state index in [2.05, 4.69) is 10.6 Å². The Kier molecular flexibility index (Phi) is 8.12. The highest BCUT2D eigenvalue weighted by molar-refractivity contribution is 6.31. The molecule has 0 fully saturated rings. The largest absolute Gasteiger partial charge is 0.481 e. The molecule has 5 nitrogen and oxygen atoms in total. The molecule has 1 rings (SSSR count). The van der Waals surface area contributed by atoms with Crippen LogP contribution in [0.5, 0.6) is 5.75 Å². The number of hydrogen-bond acceptors (Lipinski definition) is 4. The zero-order valence-corrected chi connectivity index (χ0v) is 13.5. The van der Waals surface area contributed by atoms with Gasteiger partial charge in [-0.05, 0) is 37.6 Å². The third-order valence-corrected chi connectivity index (χ3v) is 3.32. The van der Waals surface area contributed by atoms with Gasteiger partial charge in [0.2, 0.25) is 0 Å². The average molecular weight is 315 g/mol. The Morgan fingerprint density at radius 2 is 2.10 bits per heavy atom. The lowest BCUT2D eigenvalue weighted by Gasteiger charge is -2.15. The van der Waals surface area contributed by atoms with E-state index in [1.54, 1.807) is 26.2 Å². The van der Waals surface area contributed by atoms with E-state index in [-0.39, 0.29) is 5.91 Å². The first kappa shape index (κ1) is 17.8. The van der Waals surface area contributed by atoms with Gasteiger partial charge in [0.25, 0.3) is 5.91 Å². The quantitative estimate of drug-likeness (QED) is 0.682. The van der Waals surface area contributed by atoms with Crippen molar-refractivity contribution in [2.75, 3.05) is 33.4 Å². The van der Waals surface area contributed by atoms with Crippen LogP contribution in [0.1, 0.15) is 12.5 Å². The van der Waals surface area contributed by atoms with E-state index in [1.807, 2.05) is 13.0 Å². The van der Waals surface area contributed by atoms with Crippen LogP contribution >= 0.6 is 11.6 Å². The van der Waals surface area contributed by atoms with Crippen LogP contribution in [0.3, 0.4) is 0 Å². The maximum atomic E-state index is 11.9. The topological polar surface area (TPSA) is 59.6 Å². The molecule has 0 aromatic heterocycles. The van der Waals surface area contributed by atoms with E-state index >= 15 is 0 Å². The minimum absolute atomic E-state index is 0.142. The number of carbonyl (C=O) groups is 1. The molecule has 1 aromatic carbocycles. The second kappa shape index (κ2) is 9.60. The van der Waals surface area contributed by atoms with E-state index in [1.165, 1.54) is 0 Å². The van der Waals surface area contributed by atoms with Gasteiger partial charge in [0, 0.05) is 31.8 Å². The molecule has 1 unspecified atom stereocenters. The van der Waals surface area contributed by atoms with E-state index in [4.69, 9.17) is 21.1 Å². The first-order valence-electron chi connectivity index (χ1n) is 6.94. The Balaban J connectivity index is 2.29. The summed E-state index contributed by atoms with van der Waals surface area (Å²) in [6.45, 7) is 6.28. The summed E-state index contributed by atoms with van der Waals surface area (Å²) in [5, 5.41) is 6.64. The summed E-state index contributed by atoms with van der Waals surface area (Å²) in [5.74, 6) is 0.494. The molecule has 1 amide bonds. The number of carbonyl (C=O) groups excluding carboxylic acids is 1. The van der Waals surface area contributed by atoms with Crippen molar-refractivity contribution in [2.45, 2.75) is 20.0 Å². The predicted octanol–water partition coefficient (Wildman–Crippen LogP) is 1.77. The molecule has 0 aliphatic rings. The molecule has 0 bridgehead atoms. The van der Waals surface area contributed by atoms with Gasteiger partial charge in [-0.25, -0.2) is 0 Å². The lowest BCUT2D eigenvalue weighted by molar-refractivity contribution is -0.127. The Morgan fingerprint density at radius 3 is 2.76 bits per heavy atom. The van der Waals surface area contributed by atoms with Gasteiger partial charge >= 0.3 is 0 Å². The van der Waals surface area contributed by atoms with Crippen molar-refractivity contribution in [1.82, 2.24) is 10.6 Å². The van der Waals surface area contributed by atoms with E-state index in [0.717, 1.165) is 12.1 Å². The molecule has 21 heavy (non-hydrogen) atoms. The van der Waals surface area contributed by atoms with E-state index < -0.39 is 6.10 Å². The van der Waals surface area contributed by atoms with Crippen LogP contribution < -0.4 is 15.4 Å². The first-order valence-corrected chi connectivity index (χ1v) is 7.32. The molecule has 0 heterocycles. The van der Waals surface area contributed by atoms with Crippen LogP contribution in [0.25, 0.3) is 0 Å². The number of nitrogens with one attached hydrogen (secondary N) is 2. The fraction of sp³-hybridized carbons (Fsp3) is 0.533. The number of aryl methyl sites for hydroxylation is 1. The fourth-order valence-electron chi connectivity index (χ4n) is 1.67. The third-order valence-electron chi connectivity index (χ3n) is 2.90. The zero-order chi connectivity index (χ0) is 15.7. The van der Waals surface area contributed by atoms with Crippen molar-refractivity contribution in [2.24, 2.45) is 0 Å². The Morgan fingerprint density at radius 1 is 1.33 bits per heavy atom. The molecule has 0 spiro atoms. The average Bonchev–Trinajstić information content (AvgIpc) is 2.46. The standard InChI is InChI=1S/C15H23ClN2O3/c1-11-10-13(4-5-14(11)16)21-12(2)15(19)18-7-6-17-8-9-20-3/h4-5,10,12,17H,6-9H2,1-3H3,(H,18,19). The number of methoxy groups -OCH3 is 1. The maximum Gasteiger partial charge on any atom is 0.260 e. The normalized spacial score (nSPS) is 12.0. The van der Waals surface area contributed by atoms with Crippen molar-refractivity contribution in [3.05, 3.63) is 28.8 Å². The lowest BCUT2D eigenvalue weighted by Crippen LogP contribution is -2.40. The minimum atomic E-state index is -0.551. The summed E-state index contributed by atoms with van der Waals surface area (Å²) >= 11 is 5.95. The molecule has 6 heteroatoms. The van der Waals surface area contributed by atoms with E-state index in [9.17, 15) is 4.79 Å². The van der Waals surface area contributed by atoms with Crippen LogP contribution in [0.4, 0.5) is 0 Å². The summed E-state index contributed by atoms with van der Waals surface area (Å²) in [6.07, 6.45) is -0.551. The molecular weight excluding hydrogens is 292 g/mol.